The Balaban J connectivity index is 1.63. The van der Waals surface area contributed by atoms with Crippen LogP contribution in [-0.2, 0) is 4.79 Å². The zero-order valence-corrected chi connectivity index (χ0v) is 10.7. The fraction of sp³-hybridized carbons (Fsp3) is 0.833. The minimum absolute atomic E-state index is 0.163. The van der Waals surface area contributed by atoms with Crippen LogP contribution in [0.4, 0.5) is 0 Å². The van der Waals surface area contributed by atoms with Crippen LogP contribution < -0.4 is 21.9 Å². The van der Waals surface area contributed by atoms with Gasteiger partial charge in [0.1, 0.15) is 0 Å². The maximum absolute atomic E-state index is 11.4. The monoisotopic (exact) mass is 253 g/mol. The molecule has 0 bridgehead atoms. The van der Waals surface area contributed by atoms with Crippen LogP contribution in [0.15, 0.2) is 4.99 Å². The summed E-state index contributed by atoms with van der Waals surface area (Å²) in [4.78, 5) is 15.7. The second-order valence-electron chi connectivity index (χ2n) is 5.07. The third-order valence-electron chi connectivity index (χ3n) is 3.46. The largest absolute Gasteiger partial charge is 0.354 e. The second kappa shape index (κ2) is 6.58. The lowest BCUT2D eigenvalue weighted by Crippen LogP contribution is -2.46. The summed E-state index contributed by atoms with van der Waals surface area (Å²) >= 11 is 0. The van der Waals surface area contributed by atoms with Gasteiger partial charge in [-0.25, -0.2) is 5.84 Å². The summed E-state index contributed by atoms with van der Waals surface area (Å²) in [5.74, 6) is 6.47. The fourth-order valence-electron chi connectivity index (χ4n) is 2.23. The van der Waals surface area contributed by atoms with Crippen LogP contribution in [0.2, 0.25) is 0 Å². The summed E-state index contributed by atoms with van der Waals surface area (Å²) in [5, 5.41) is 6.17. The van der Waals surface area contributed by atoms with E-state index in [2.05, 4.69) is 21.1 Å². The van der Waals surface area contributed by atoms with Gasteiger partial charge < -0.3 is 10.6 Å². The van der Waals surface area contributed by atoms with Crippen LogP contribution in [0.3, 0.4) is 0 Å². The van der Waals surface area contributed by atoms with Crippen LogP contribution in [0, 0.1) is 5.92 Å². The highest BCUT2D eigenvalue weighted by atomic mass is 16.2. The third kappa shape index (κ3) is 4.18. The minimum Gasteiger partial charge on any atom is -0.354 e. The number of nitrogens with zero attached hydrogens (tertiary/aromatic N) is 1. The second-order valence-corrected chi connectivity index (χ2v) is 5.07. The summed E-state index contributed by atoms with van der Waals surface area (Å²) < 4.78 is 0. The van der Waals surface area contributed by atoms with E-state index in [-0.39, 0.29) is 11.8 Å². The highest BCUT2D eigenvalue weighted by Gasteiger charge is 2.28. The summed E-state index contributed by atoms with van der Waals surface area (Å²) in [6, 6.07) is 0.487. The van der Waals surface area contributed by atoms with Gasteiger partial charge in [0.05, 0.1) is 6.54 Å². The molecule has 0 aromatic heterocycles. The molecule has 0 aliphatic heterocycles. The number of hydrogen-bond acceptors (Lipinski definition) is 3. The summed E-state index contributed by atoms with van der Waals surface area (Å²) in [6.45, 7) is 1.13. The Kier molecular flexibility index (Phi) is 4.81. The van der Waals surface area contributed by atoms with E-state index in [1.54, 1.807) is 0 Å². The Morgan fingerprint density at radius 1 is 1.22 bits per heavy atom. The van der Waals surface area contributed by atoms with Gasteiger partial charge in [-0.05, 0) is 25.7 Å². The molecule has 0 radical (unpaired) electrons. The lowest BCUT2D eigenvalue weighted by molar-refractivity contribution is -0.122. The predicted octanol–water partition coefficient (Wildman–Crippen LogP) is -0.136. The van der Waals surface area contributed by atoms with Gasteiger partial charge >= 0.3 is 0 Å². The molecule has 102 valence electrons. The molecule has 6 heteroatoms. The van der Waals surface area contributed by atoms with Crippen molar-refractivity contribution < 1.29 is 4.79 Å². The number of nitrogens with one attached hydrogen (secondary N) is 3. The van der Waals surface area contributed by atoms with Gasteiger partial charge in [0.25, 0.3) is 0 Å². The van der Waals surface area contributed by atoms with E-state index in [9.17, 15) is 4.79 Å². The van der Waals surface area contributed by atoms with Crippen LogP contribution in [0.25, 0.3) is 0 Å². The average Bonchev–Trinajstić information content (AvgIpc) is 3.11. The summed E-state index contributed by atoms with van der Waals surface area (Å²) in [5.41, 5.74) is 2.58. The Bertz CT molecular complexity index is 308. The summed E-state index contributed by atoms with van der Waals surface area (Å²) in [6.07, 6.45) is 6.97. The highest BCUT2D eigenvalue weighted by Crippen LogP contribution is 2.28. The van der Waals surface area contributed by atoms with E-state index >= 15 is 0 Å². The minimum atomic E-state index is 0.163. The van der Waals surface area contributed by atoms with Crippen LogP contribution in [-0.4, -0.2) is 31.0 Å². The molecule has 0 heterocycles. The number of guanidine groups is 1. The highest BCUT2D eigenvalue weighted by molar-refractivity contribution is 5.81. The SMILES string of the molecule is NNC(=NCCNC(=O)C1CC1)NC1CCCC1. The molecule has 6 nitrogen and oxygen atoms in total. The lowest BCUT2D eigenvalue weighted by Gasteiger charge is -2.15. The molecule has 2 aliphatic rings. The molecule has 2 fully saturated rings. The zero-order valence-electron chi connectivity index (χ0n) is 10.7. The first-order valence-electron chi connectivity index (χ1n) is 6.85. The Morgan fingerprint density at radius 2 is 1.94 bits per heavy atom. The number of amides is 1. The summed E-state index contributed by atoms with van der Waals surface area (Å²) in [7, 11) is 0. The molecule has 2 rings (SSSR count). The van der Waals surface area contributed by atoms with Crippen molar-refractivity contribution in [2.24, 2.45) is 16.8 Å². The van der Waals surface area contributed by atoms with E-state index in [1.165, 1.54) is 25.7 Å². The predicted molar refractivity (Wildman–Crippen MR) is 70.8 cm³/mol. The molecular weight excluding hydrogens is 230 g/mol. The van der Waals surface area contributed by atoms with Crippen molar-refractivity contribution in [3.8, 4) is 0 Å². The first kappa shape index (κ1) is 13.1. The molecule has 5 N–H and O–H groups in total. The fourth-order valence-corrected chi connectivity index (χ4v) is 2.23. The van der Waals surface area contributed by atoms with Crippen LogP contribution in [0.5, 0.6) is 0 Å². The Morgan fingerprint density at radius 3 is 2.56 bits per heavy atom. The van der Waals surface area contributed by atoms with E-state index < -0.39 is 0 Å². The standard InChI is InChI=1S/C12H23N5O/c13-17-12(16-10-3-1-2-4-10)15-8-7-14-11(18)9-5-6-9/h9-10H,1-8,13H2,(H,14,18)(H2,15,16,17). The molecule has 2 aliphatic carbocycles. The number of nitrogens with two attached hydrogens (primary N) is 1. The topological polar surface area (TPSA) is 91.5 Å². The van der Waals surface area contributed by atoms with Crippen molar-refractivity contribution in [3.63, 3.8) is 0 Å². The number of hydrogen-bond donors (Lipinski definition) is 4. The molecular formula is C12H23N5O. The van der Waals surface area contributed by atoms with Crippen LogP contribution in [0.1, 0.15) is 38.5 Å². The maximum atomic E-state index is 11.4. The molecule has 0 saturated heterocycles. The average molecular weight is 253 g/mol. The van der Waals surface area contributed by atoms with Gasteiger partial charge in [-0.15, -0.1) is 0 Å². The van der Waals surface area contributed by atoms with Gasteiger partial charge in [0.15, 0.2) is 0 Å². The molecule has 0 aromatic rings. The number of carbonyl (C=O) groups excluding carboxylic acids is 1. The molecule has 1 amide bonds. The van der Waals surface area contributed by atoms with Crippen molar-refractivity contribution >= 4 is 11.9 Å². The normalized spacial score (nSPS) is 20.8. The van der Waals surface area contributed by atoms with Crippen LogP contribution >= 0.6 is 0 Å². The quantitative estimate of drug-likeness (QED) is 0.180. The van der Waals surface area contributed by atoms with Crippen molar-refractivity contribution in [1.29, 1.82) is 0 Å². The molecule has 0 spiro atoms. The molecule has 0 atom stereocenters. The number of hydrazine groups is 1. The molecule has 0 aromatic carbocycles. The molecule has 2 saturated carbocycles. The van der Waals surface area contributed by atoms with Gasteiger partial charge in [0, 0.05) is 18.5 Å². The van der Waals surface area contributed by atoms with E-state index in [0.717, 1.165) is 12.8 Å². The Labute approximate surface area is 108 Å². The maximum Gasteiger partial charge on any atom is 0.223 e. The number of carbonyl (C=O) groups is 1. The van der Waals surface area contributed by atoms with Crippen molar-refractivity contribution in [3.05, 3.63) is 0 Å². The first-order chi connectivity index (χ1) is 8.79. The van der Waals surface area contributed by atoms with Crippen molar-refractivity contribution in [1.82, 2.24) is 16.1 Å². The van der Waals surface area contributed by atoms with E-state index in [4.69, 9.17) is 5.84 Å². The smallest absolute Gasteiger partial charge is 0.223 e. The van der Waals surface area contributed by atoms with Crippen molar-refractivity contribution in [2.75, 3.05) is 13.1 Å². The van der Waals surface area contributed by atoms with Gasteiger partial charge in [0.2, 0.25) is 11.9 Å². The molecule has 18 heavy (non-hydrogen) atoms. The van der Waals surface area contributed by atoms with Gasteiger partial charge in [-0.3, -0.25) is 15.2 Å². The third-order valence-corrected chi connectivity index (χ3v) is 3.46. The van der Waals surface area contributed by atoms with Crippen molar-refractivity contribution in [2.45, 2.75) is 44.6 Å². The Hall–Kier alpha value is -1.30. The van der Waals surface area contributed by atoms with Gasteiger partial charge in [-0.1, -0.05) is 12.8 Å². The number of aliphatic imine (C=N–C) groups is 1. The lowest BCUT2D eigenvalue weighted by atomic mass is 10.2. The van der Waals surface area contributed by atoms with E-state index in [1.807, 2.05) is 0 Å². The molecule has 0 unspecified atom stereocenters. The number of rotatable bonds is 5. The van der Waals surface area contributed by atoms with E-state index in [0.29, 0.717) is 25.1 Å². The zero-order chi connectivity index (χ0) is 12.8. The first-order valence-corrected chi connectivity index (χ1v) is 6.85. The van der Waals surface area contributed by atoms with Gasteiger partial charge in [-0.2, -0.15) is 0 Å².